The molecule has 1 atom stereocenters. The van der Waals surface area contributed by atoms with Crippen LogP contribution in [0.5, 0.6) is 5.75 Å². The third-order valence-electron chi connectivity index (χ3n) is 4.54. The van der Waals surface area contributed by atoms with Crippen LogP contribution in [-0.4, -0.2) is 36.4 Å². The minimum absolute atomic E-state index is 0.0802. The molecule has 124 valence electrons. The lowest BCUT2D eigenvalue weighted by Gasteiger charge is -2.15. The molecule has 1 N–H and O–H groups in total. The van der Waals surface area contributed by atoms with Gasteiger partial charge in [0.05, 0.1) is 6.10 Å². The molecule has 2 amide bonds. The summed E-state index contributed by atoms with van der Waals surface area (Å²) in [4.78, 5) is 25.5. The molecule has 0 bridgehead atoms. The van der Waals surface area contributed by atoms with Crippen LogP contribution in [0.25, 0.3) is 0 Å². The summed E-state index contributed by atoms with van der Waals surface area (Å²) < 4.78 is 19.8. The number of halogens is 1. The normalized spacial score (nSPS) is 21.7. The maximum Gasteiger partial charge on any atom is 0.237 e. The average Bonchev–Trinajstić information content (AvgIpc) is 3.13. The van der Waals surface area contributed by atoms with Crippen molar-refractivity contribution in [1.29, 1.82) is 0 Å². The first kappa shape index (κ1) is 15.8. The van der Waals surface area contributed by atoms with Gasteiger partial charge in [-0.2, -0.15) is 0 Å². The fourth-order valence-electron chi connectivity index (χ4n) is 3.15. The Balaban J connectivity index is 1.63. The van der Waals surface area contributed by atoms with E-state index in [0.717, 1.165) is 25.7 Å². The van der Waals surface area contributed by atoms with E-state index in [9.17, 15) is 14.0 Å². The highest BCUT2D eigenvalue weighted by molar-refractivity contribution is 6.07. The van der Waals surface area contributed by atoms with Crippen LogP contribution in [0.4, 0.5) is 10.1 Å². The lowest BCUT2D eigenvalue weighted by molar-refractivity contribution is -0.134. The molecule has 2 aliphatic rings. The molecule has 0 aromatic heterocycles. The van der Waals surface area contributed by atoms with Gasteiger partial charge in [-0.1, -0.05) is 0 Å². The van der Waals surface area contributed by atoms with Gasteiger partial charge in [0.1, 0.15) is 5.92 Å². The van der Waals surface area contributed by atoms with Crippen LogP contribution in [0, 0.1) is 11.7 Å². The number of hydrogen-bond acceptors (Lipinski definition) is 3. The Hall–Kier alpha value is -2.11. The molecule has 1 saturated heterocycles. The zero-order valence-electron chi connectivity index (χ0n) is 13.2. The molecule has 1 aromatic rings. The largest absolute Gasteiger partial charge is 0.487 e. The van der Waals surface area contributed by atoms with Gasteiger partial charge >= 0.3 is 0 Å². The molecule has 1 aliphatic carbocycles. The van der Waals surface area contributed by atoms with Gasteiger partial charge in [0.2, 0.25) is 11.8 Å². The van der Waals surface area contributed by atoms with E-state index in [2.05, 4.69) is 5.32 Å². The number of carbonyl (C=O) groups is 2. The SMILES string of the molecule is CN1CC[C@@H](C(=O)Nc2ccc(OC3CCCC3)c(F)c2)C1=O. The molecule has 0 unspecified atom stereocenters. The third-order valence-corrected chi connectivity index (χ3v) is 4.54. The van der Waals surface area contributed by atoms with Gasteiger partial charge in [0.25, 0.3) is 0 Å². The van der Waals surface area contributed by atoms with Crippen molar-refractivity contribution in [1.82, 2.24) is 4.90 Å². The molecule has 2 fully saturated rings. The topological polar surface area (TPSA) is 58.6 Å². The summed E-state index contributed by atoms with van der Waals surface area (Å²) in [6.07, 6.45) is 4.71. The Morgan fingerprint density at radius 1 is 1.30 bits per heavy atom. The summed E-state index contributed by atoms with van der Waals surface area (Å²) >= 11 is 0. The van der Waals surface area contributed by atoms with Crippen molar-refractivity contribution in [2.75, 3.05) is 18.9 Å². The summed E-state index contributed by atoms with van der Waals surface area (Å²) in [5.74, 6) is -1.54. The first-order valence-electron chi connectivity index (χ1n) is 8.06. The van der Waals surface area contributed by atoms with Crippen LogP contribution >= 0.6 is 0 Å². The smallest absolute Gasteiger partial charge is 0.237 e. The van der Waals surface area contributed by atoms with Gasteiger partial charge in [-0.05, 0) is 44.2 Å². The van der Waals surface area contributed by atoms with Crippen molar-refractivity contribution < 1.29 is 18.7 Å². The number of benzene rings is 1. The molecular weight excluding hydrogens is 299 g/mol. The van der Waals surface area contributed by atoms with E-state index < -0.39 is 11.7 Å². The summed E-state index contributed by atoms with van der Waals surface area (Å²) in [7, 11) is 1.67. The van der Waals surface area contributed by atoms with Gasteiger partial charge in [-0.25, -0.2) is 4.39 Å². The Labute approximate surface area is 134 Å². The molecule has 23 heavy (non-hydrogen) atoms. The van der Waals surface area contributed by atoms with Gasteiger partial charge in [0.15, 0.2) is 11.6 Å². The molecule has 0 radical (unpaired) electrons. The van der Waals surface area contributed by atoms with Gasteiger partial charge in [-0.3, -0.25) is 9.59 Å². The highest BCUT2D eigenvalue weighted by Crippen LogP contribution is 2.28. The van der Waals surface area contributed by atoms with Crippen molar-refractivity contribution in [2.24, 2.45) is 5.92 Å². The number of likely N-dealkylation sites (tertiary alicyclic amines) is 1. The van der Waals surface area contributed by atoms with E-state index >= 15 is 0 Å². The van der Waals surface area contributed by atoms with Crippen LogP contribution in [-0.2, 0) is 9.59 Å². The zero-order chi connectivity index (χ0) is 16.4. The molecular formula is C17H21FN2O3. The standard InChI is InChI=1S/C17H21FN2O3/c1-20-9-8-13(17(20)22)16(21)19-11-6-7-15(14(18)10-11)23-12-4-2-3-5-12/h6-7,10,12-13H,2-5,8-9H2,1H3,(H,19,21)/t13-/m0/s1. The average molecular weight is 320 g/mol. The summed E-state index contributed by atoms with van der Waals surface area (Å²) in [5.41, 5.74) is 0.341. The van der Waals surface area contributed by atoms with Crippen molar-refractivity contribution in [3.05, 3.63) is 24.0 Å². The quantitative estimate of drug-likeness (QED) is 0.868. The molecule has 0 spiro atoms. The van der Waals surface area contributed by atoms with Crippen LogP contribution in [0.1, 0.15) is 32.1 Å². The monoisotopic (exact) mass is 320 g/mol. The molecule has 6 heteroatoms. The van der Waals surface area contributed by atoms with Crippen molar-refractivity contribution >= 4 is 17.5 Å². The number of rotatable bonds is 4. The molecule has 1 saturated carbocycles. The summed E-state index contributed by atoms with van der Waals surface area (Å²) in [6, 6.07) is 4.38. The van der Waals surface area contributed by atoms with Crippen molar-refractivity contribution in [3.63, 3.8) is 0 Å². The van der Waals surface area contributed by atoms with Crippen LogP contribution in [0.3, 0.4) is 0 Å². The Bertz CT molecular complexity index is 614. The van der Waals surface area contributed by atoms with E-state index in [-0.39, 0.29) is 23.7 Å². The first-order valence-corrected chi connectivity index (χ1v) is 8.06. The molecule has 1 aliphatic heterocycles. The lowest BCUT2D eigenvalue weighted by Crippen LogP contribution is -2.30. The number of amides is 2. The highest BCUT2D eigenvalue weighted by atomic mass is 19.1. The predicted molar refractivity (Wildman–Crippen MR) is 83.7 cm³/mol. The second-order valence-corrected chi connectivity index (χ2v) is 6.26. The lowest BCUT2D eigenvalue weighted by atomic mass is 10.1. The minimum atomic E-state index is -0.683. The molecule has 1 aromatic carbocycles. The van der Waals surface area contributed by atoms with E-state index in [1.807, 2.05) is 0 Å². The molecule has 3 rings (SSSR count). The molecule has 1 heterocycles. The van der Waals surface area contributed by atoms with E-state index in [0.29, 0.717) is 18.7 Å². The van der Waals surface area contributed by atoms with Crippen LogP contribution in [0.15, 0.2) is 18.2 Å². The third kappa shape index (κ3) is 3.46. The summed E-state index contributed by atoms with van der Waals surface area (Å²) in [6.45, 7) is 0.569. The number of nitrogens with zero attached hydrogens (tertiary/aromatic N) is 1. The van der Waals surface area contributed by atoms with E-state index in [1.165, 1.54) is 17.0 Å². The number of carbonyl (C=O) groups excluding carboxylic acids is 2. The fourth-order valence-corrected chi connectivity index (χ4v) is 3.15. The van der Waals surface area contributed by atoms with Gasteiger partial charge in [0, 0.05) is 25.3 Å². The Morgan fingerprint density at radius 3 is 2.65 bits per heavy atom. The number of ether oxygens (including phenoxy) is 1. The maximum atomic E-state index is 14.1. The second kappa shape index (κ2) is 6.56. The zero-order valence-corrected chi connectivity index (χ0v) is 13.2. The van der Waals surface area contributed by atoms with E-state index in [1.54, 1.807) is 13.1 Å². The molecule has 5 nitrogen and oxygen atoms in total. The maximum absolute atomic E-state index is 14.1. The van der Waals surface area contributed by atoms with Crippen LogP contribution in [0.2, 0.25) is 0 Å². The van der Waals surface area contributed by atoms with Crippen molar-refractivity contribution in [3.8, 4) is 5.75 Å². The Kier molecular flexibility index (Phi) is 4.50. The number of hydrogen-bond donors (Lipinski definition) is 1. The predicted octanol–water partition coefficient (Wildman–Crippen LogP) is 2.56. The minimum Gasteiger partial charge on any atom is -0.487 e. The summed E-state index contributed by atoms with van der Waals surface area (Å²) in [5, 5.41) is 2.61. The fraction of sp³-hybridized carbons (Fsp3) is 0.529. The van der Waals surface area contributed by atoms with Crippen LogP contribution < -0.4 is 10.1 Å². The Morgan fingerprint density at radius 2 is 2.04 bits per heavy atom. The van der Waals surface area contributed by atoms with E-state index in [4.69, 9.17) is 4.74 Å². The highest BCUT2D eigenvalue weighted by Gasteiger charge is 2.34. The first-order chi connectivity index (χ1) is 11.0. The van der Waals surface area contributed by atoms with Gasteiger partial charge < -0.3 is 15.0 Å². The van der Waals surface area contributed by atoms with Crippen molar-refractivity contribution in [2.45, 2.75) is 38.2 Å². The second-order valence-electron chi connectivity index (χ2n) is 6.26. The number of anilines is 1. The number of nitrogens with one attached hydrogen (secondary N) is 1. The van der Waals surface area contributed by atoms with Gasteiger partial charge in [-0.15, -0.1) is 0 Å².